The number of aryl methyl sites for hydroxylation is 1. The highest BCUT2D eigenvalue weighted by Crippen LogP contribution is 2.23. The fraction of sp³-hybridized carbons (Fsp3) is 0.158. The molecule has 2 aromatic heterocycles. The molecule has 0 unspecified atom stereocenters. The molecule has 2 aromatic carbocycles. The van der Waals surface area contributed by atoms with Gasteiger partial charge in [-0.3, -0.25) is 0 Å². The molecule has 7 nitrogen and oxygen atoms in total. The minimum absolute atomic E-state index is 0.218. The van der Waals surface area contributed by atoms with Crippen molar-refractivity contribution in [2.24, 2.45) is 0 Å². The van der Waals surface area contributed by atoms with E-state index in [0.717, 1.165) is 16.9 Å². The maximum absolute atomic E-state index is 5.65. The Morgan fingerprint density at radius 1 is 1.00 bits per heavy atom. The summed E-state index contributed by atoms with van der Waals surface area (Å²) in [6.45, 7) is 2.23. The number of hydrogen-bond donors (Lipinski definition) is 0. The molecule has 0 atom stereocenters. The second-order valence-electron chi connectivity index (χ2n) is 5.73. The predicted molar refractivity (Wildman–Crippen MR) is 99.1 cm³/mol. The van der Waals surface area contributed by atoms with Crippen molar-refractivity contribution in [2.45, 2.75) is 24.5 Å². The van der Waals surface area contributed by atoms with Gasteiger partial charge in [-0.15, -0.1) is 10.2 Å². The first-order valence-corrected chi connectivity index (χ1v) is 9.27. The molecule has 0 aliphatic carbocycles. The zero-order chi connectivity index (χ0) is 18.5. The molecule has 0 saturated heterocycles. The first-order valence-electron chi connectivity index (χ1n) is 8.29. The van der Waals surface area contributed by atoms with Crippen LogP contribution in [-0.4, -0.2) is 20.3 Å². The van der Waals surface area contributed by atoms with Gasteiger partial charge < -0.3 is 13.7 Å². The Morgan fingerprint density at radius 3 is 2.74 bits per heavy atom. The monoisotopic (exact) mass is 380 g/mol. The van der Waals surface area contributed by atoms with E-state index in [4.69, 9.17) is 13.7 Å². The molecule has 0 N–H and O–H groups in total. The maximum Gasteiger partial charge on any atom is 0.277 e. The van der Waals surface area contributed by atoms with Gasteiger partial charge in [0.2, 0.25) is 11.7 Å². The van der Waals surface area contributed by atoms with Gasteiger partial charge in [-0.2, -0.15) is 4.98 Å². The number of thioether (sulfide) groups is 1. The molecule has 0 aliphatic heterocycles. The highest BCUT2D eigenvalue weighted by molar-refractivity contribution is 7.98. The smallest absolute Gasteiger partial charge is 0.277 e. The van der Waals surface area contributed by atoms with Gasteiger partial charge in [0.05, 0.1) is 5.75 Å². The van der Waals surface area contributed by atoms with Crippen LogP contribution in [0.15, 0.2) is 68.8 Å². The van der Waals surface area contributed by atoms with Gasteiger partial charge >= 0.3 is 0 Å². The van der Waals surface area contributed by atoms with Crippen molar-refractivity contribution in [3.05, 3.63) is 71.9 Å². The standard InChI is InChI=1S/C19H16N4O3S/c1-13-6-5-9-15(10-13)24-11-16-21-22-19(25-16)27-12-17-20-18(23-26-17)14-7-3-2-4-8-14/h2-10H,11-12H2,1H3. The molecule has 0 spiro atoms. The summed E-state index contributed by atoms with van der Waals surface area (Å²) in [4.78, 5) is 4.37. The van der Waals surface area contributed by atoms with E-state index in [2.05, 4.69) is 20.3 Å². The Balaban J connectivity index is 1.31. The van der Waals surface area contributed by atoms with Gasteiger partial charge in [0.1, 0.15) is 5.75 Å². The van der Waals surface area contributed by atoms with E-state index in [1.807, 2.05) is 61.5 Å². The molecule has 0 bridgehead atoms. The largest absolute Gasteiger partial charge is 0.484 e. The molecule has 0 amide bonds. The highest BCUT2D eigenvalue weighted by atomic mass is 32.2. The second kappa shape index (κ2) is 8.05. The van der Waals surface area contributed by atoms with Crippen LogP contribution in [0.1, 0.15) is 17.3 Å². The Kier molecular flexibility index (Phi) is 5.15. The number of hydrogen-bond acceptors (Lipinski definition) is 8. The predicted octanol–water partition coefficient (Wildman–Crippen LogP) is 4.30. The van der Waals surface area contributed by atoms with Gasteiger partial charge in [-0.25, -0.2) is 0 Å². The maximum atomic E-state index is 5.65. The van der Waals surface area contributed by atoms with Crippen molar-refractivity contribution in [2.75, 3.05) is 0 Å². The molecule has 0 saturated carbocycles. The average Bonchev–Trinajstić information content (AvgIpc) is 3.35. The summed E-state index contributed by atoms with van der Waals surface area (Å²) in [5, 5.41) is 12.4. The third-order valence-electron chi connectivity index (χ3n) is 3.62. The lowest BCUT2D eigenvalue weighted by Crippen LogP contribution is -1.95. The van der Waals surface area contributed by atoms with Crippen LogP contribution in [0.2, 0.25) is 0 Å². The first-order chi connectivity index (χ1) is 13.3. The van der Waals surface area contributed by atoms with Crippen LogP contribution in [0.25, 0.3) is 11.4 Å². The van der Waals surface area contributed by atoms with Crippen LogP contribution in [-0.2, 0) is 12.4 Å². The fourth-order valence-electron chi connectivity index (χ4n) is 2.35. The Bertz CT molecular complexity index is 1020. The molecule has 27 heavy (non-hydrogen) atoms. The van der Waals surface area contributed by atoms with Crippen molar-refractivity contribution >= 4 is 11.8 Å². The van der Waals surface area contributed by atoms with Crippen molar-refractivity contribution < 1.29 is 13.7 Å². The summed E-state index contributed by atoms with van der Waals surface area (Å²) in [5.74, 6) is 2.68. The van der Waals surface area contributed by atoms with Gasteiger partial charge in [-0.05, 0) is 24.6 Å². The molecule has 8 heteroatoms. The third kappa shape index (κ3) is 4.53. The fourth-order valence-corrected chi connectivity index (χ4v) is 2.96. The van der Waals surface area contributed by atoms with E-state index in [-0.39, 0.29) is 6.61 Å². The molecular weight excluding hydrogens is 364 g/mol. The van der Waals surface area contributed by atoms with E-state index in [1.165, 1.54) is 11.8 Å². The summed E-state index contributed by atoms with van der Waals surface area (Å²) in [6, 6.07) is 17.4. The third-order valence-corrected chi connectivity index (χ3v) is 4.42. The zero-order valence-corrected chi connectivity index (χ0v) is 15.3. The molecule has 4 aromatic rings. The number of aromatic nitrogens is 4. The van der Waals surface area contributed by atoms with Gasteiger partial charge in [0.25, 0.3) is 11.1 Å². The van der Waals surface area contributed by atoms with E-state index in [0.29, 0.717) is 28.6 Å². The van der Waals surface area contributed by atoms with Crippen LogP contribution in [0.4, 0.5) is 0 Å². The molecule has 0 radical (unpaired) electrons. The number of rotatable bonds is 7. The first kappa shape index (κ1) is 17.3. The highest BCUT2D eigenvalue weighted by Gasteiger charge is 2.12. The minimum atomic E-state index is 0.218. The lowest BCUT2D eigenvalue weighted by Gasteiger charge is -2.03. The van der Waals surface area contributed by atoms with Crippen molar-refractivity contribution in [3.8, 4) is 17.1 Å². The summed E-state index contributed by atoms with van der Waals surface area (Å²) in [6.07, 6.45) is 0. The van der Waals surface area contributed by atoms with Crippen LogP contribution in [0.3, 0.4) is 0 Å². The zero-order valence-electron chi connectivity index (χ0n) is 14.5. The van der Waals surface area contributed by atoms with Crippen molar-refractivity contribution in [1.82, 2.24) is 20.3 Å². The van der Waals surface area contributed by atoms with Crippen LogP contribution in [0.5, 0.6) is 5.75 Å². The summed E-state index contributed by atoms with van der Waals surface area (Å²) in [5.41, 5.74) is 2.04. The van der Waals surface area contributed by atoms with Gasteiger partial charge in [-0.1, -0.05) is 59.4 Å². The minimum Gasteiger partial charge on any atom is -0.484 e. The van der Waals surface area contributed by atoms with Gasteiger partial charge in [0, 0.05) is 5.56 Å². The van der Waals surface area contributed by atoms with Crippen LogP contribution < -0.4 is 4.74 Å². The Morgan fingerprint density at radius 2 is 1.89 bits per heavy atom. The van der Waals surface area contributed by atoms with E-state index < -0.39 is 0 Å². The number of benzene rings is 2. The molecule has 2 heterocycles. The summed E-state index contributed by atoms with van der Waals surface area (Å²) in [7, 11) is 0. The van der Waals surface area contributed by atoms with Crippen LogP contribution in [0, 0.1) is 6.92 Å². The molecular formula is C19H16N4O3S. The second-order valence-corrected chi connectivity index (χ2v) is 6.66. The van der Waals surface area contributed by atoms with Crippen molar-refractivity contribution in [3.63, 3.8) is 0 Å². The van der Waals surface area contributed by atoms with Gasteiger partial charge in [0.15, 0.2) is 6.61 Å². The number of ether oxygens (including phenoxy) is 1. The number of nitrogens with zero attached hydrogens (tertiary/aromatic N) is 4. The Labute approximate surface area is 159 Å². The summed E-state index contributed by atoms with van der Waals surface area (Å²) >= 11 is 1.33. The normalized spacial score (nSPS) is 10.9. The lowest BCUT2D eigenvalue weighted by atomic mass is 10.2. The van der Waals surface area contributed by atoms with E-state index >= 15 is 0 Å². The Hall–Kier alpha value is -3.13. The molecule has 0 fully saturated rings. The molecule has 4 rings (SSSR count). The molecule has 0 aliphatic rings. The van der Waals surface area contributed by atoms with Crippen molar-refractivity contribution in [1.29, 1.82) is 0 Å². The van der Waals surface area contributed by atoms with E-state index in [1.54, 1.807) is 0 Å². The van der Waals surface area contributed by atoms with Crippen LogP contribution >= 0.6 is 11.8 Å². The summed E-state index contributed by atoms with van der Waals surface area (Å²) < 4.78 is 16.5. The topological polar surface area (TPSA) is 87.1 Å². The lowest BCUT2D eigenvalue weighted by molar-refractivity contribution is 0.252. The molecule has 136 valence electrons. The SMILES string of the molecule is Cc1cccc(OCc2nnc(SCc3nc(-c4ccccc4)no3)o2)c1. The quantitative estimate of drug-likeness (QED) is 0.439. The van der Waals surface area contributed by atoms with E-state index in [9.17, 15) is 0 Å². The average molecular weight is 380 g/mol.